The maximum Gasteiger partial charge on any atom is 0.339 e. The Morgan fingerprint density at radius 2 is 1.50 bits per heavy atom. The summed E-state index contributed by atoms with van der Waals surface area (Å²) in [6, 6.07) is 18.5. The third kappa shape index (κ3) is 6.42. The molecule has 0 aliphatic heterocycles. The lowest BCUT2D eigenvalue weighted by molar-refractivity contribution is -0.125. The molecule has 0 atom stereocenters. The summed E-state index contributed by atoms with van der Waals surface area (Å²) in [5.41, 5.74) is 6.10. The van der Waals surface area contributed by atoms with Crippen molar-refractivity contribution in [1.82, 2.24) is 10.9 Å². The van der Waals surface area contributed by atoms with Crippen LogP contribution in [0.25, 0.3) is 0 Å². The van der Waals surface area contributed by atoms with Crippen LogP contribution in [0, 0.1) is 13.8 Å². The Balaban J connectivity index is 1.52. The van der Waals surface area contributed by atoms with Gasteiger partial charge in [-0.1, -0.05) is 30.3 Å². The lowest BCUT2D eigenvalue weighted by atomic mass is 10.2. The number of esters is 1. The van der Waals surface area contributed by atoms with Gasteiger partial charge < -0.3 is 8.92 Å². The molecule has 0 heterocycles. The highest BCUT2D eigenvalue weighted by molar-refractivity contribution is 7.87. The van der Waals surface area contributed by atoms with Crippen LogP contribution in [-0.4, -0.2) is 32.8 Å². The van der Waals surface area contributed by atoms with E-state index in [1.54, 1.807) is 56.3 Å². The summed E-state index contributed by atoms with van der Waals surface area (Å²) in [4.78, 5) is 35.9. The number of hydrogen-bond acceptors (Lipinski definition) is 7. The lowest BCUT2D eigenvalue weighted by Gasteiger charge is -2.11. The number of aryl methyl sites for hydroxylation is 2. The lowest BCUT2D eigenvalue weighted by Crippen LogP contribution is -2.43. The van der Waals surface area contributed by atoms with Gasteiger partial charge in [-0.3, -0.25) is 20.4 Å². The number of ether oxygens (including phenoxy) is 1. The average Bonchev–Trinajstić information content (AvgIpc) is 2.83. The van der Waals surface area contributed by atoms with Crippen LogP contribution in [0.3, 0.4) is 0 Å². The molecule has 3 rings (SSSR count). The molecule has 34 heavy (non-hydrogen) atoms. The van der Waals surface area contributed by atoms with Gasteiger partial charge in [-0.05, 0) is 67.4 Å². The quantitative estimate of drug-likeness (QED) is 0.301. The zero-order valence-electron chi connectivity index (χ0n) is 18.4. The third-order valence-electron chi connectivity index (χ3n) is 4.59. The van der Waals surface area contributed by atoms with E-state index in [2.05, 4.69) is 10.9 Å². The molecule has 3 aromatic rings. The van der Waals surface area contributed by atoms with Crippen LogP contribution < -0.4 is 15.0 Å². The van der Waals surface area contributed by atoms with Crippen molar-refractivity contribution in [2.75, 3.05) is 6.61 Å². The van der Waals surface area contributed by atoms with Gasteiger partial charge >= 0.3 is 16.1 Å². The predicted octanol–water partition coefficient (Wildman–Crippen LogP) is 2.69. The van der Waals surface area contributed by atoms with Crippen LogP contribution in [0.15, 0.2) is 77.7 Å². The monoisotopic (exact) mass is 482 g/mol. The zero-order chi connectivity index (χ0) is 24.7. The van der Waals surface area contributed by atoms with Crippen molar-refractivity contribution in [2.24, 2.45) is 0 Å². The Labute approximate surface area is 196 Å². The van der Waals surface area contributed by atoms with Gasteiger partial charge in [0, 0.05) is 5.56 Å². The number of hydrazine groups is 1. The van der Waals surface area contributed by atoms with Crippen molar-refractivity contribution in [3.05, 3.63) is 95.1 Å². The molecule has 9 nitrogen and oxygen atoms in total. The van der Waals surface area contributed by atoms with E-state index in [-0.39, 0.29) is 16.2 Å². The SMILES string of the molecule is Cc1ccc(C)c(S(=O)(=O)Oc2ccc(C(=O)OCC(=O)NNC(=O)c3ccccc3)cc2)c1. The van der Waals surface area contributed by atoms with Gasteiger partial charge in [-0.2, -0.15) is 8.42 Å². The van der Waals surface area contributed by atoms with Gasteiger partial charge in [0.05, 0.1) is 5.56 Å². The Morgan fingerprint density at radius 1 is 0.824 bits per heavy atom. The molecule has 0 aliphatic carbocycles. The molecule has 2 amide bonds. The molecule has 10 heteroatoms. The van der Waals surface area contributed by atoms with Crippen molar-refractivity contribution in [1.29, 1.82) is 0 Å². The van der Waals surface area contributed by atoms with Gasteiger partial charge in [0.25, 0.3) is 11.8 Å². The summed E-state index contributed by atoms with van der Waals surface area (Å²) in [7, 11) is -4.06. The minimum atomic E-state index is -4.06. The summed E-state index contributed by atoms with van der Waals surface area (Å²) >= 11 is 0. The molecule has 0 aromatic heterocycles. The summed E-state index contributed by atoms with van der Waals surface area (Å²) < 4.78 is 35.2. The van der Waals surface area contributed by atoms with E-state index >= 15 is 0 Å². The number of amides is 2. The van der Waals surface area contributed by atoms with E-state index in [4.69, 9.17) is 8.92 Å². The first-order valence-corrected chi connectivity index (χ1v) is 11.5. The van der Waals surface area contributed by atoms with E-state index in [0.29, 0.717) is 11.1 Å². The van der Waals surface area contributed by atoms with Gasteiger partial charge in [0.15, 0.2) is 6.61 Å². The molecule has 0 unspecified atom stereocenters. The fourth-order valence-electron chi connectivity index (χ4n) is 2.83. The standard InChI is InChI=1S/C24H22N2O7S/c1-16-8-9-17(2)21(14-16)34(30,31)33-20-12-10-19(11-13-20)24(29)32-15-22(27)25-26-23(28)18-6-4-3-5-7-18/h3-14H,15H2,1-2H3,(H,25,27)(H,26,28). The van der Waals surface area contributed by atoms with Crippen LogP contribution in [0.4, 0.5) is 0 Å². The highest BCUT2D eigenvalue weighted by Gasteiger charge is 2.20. The molecule has 0 saturated carbocycles. The molecule has 0 aliphatic rings. The Hall–Kier alpha value is -4.18. The van der Waals surface area contributed by atoms with Crippen molar-refractivity contribution >= 4 is 27.9 Å². The maximum absolute atomic E-state index is 12.6. The highest BCUT2D eigenvalue weighted by Crippen LogP contribution is 2.23. The number of hydrogen-bond donors (Lipinski definition) is 2. The van der Waals surface area contributed by atoms with Crippen LogP contribution in [0.1, 0.15) is 31.8 Å². The second-order valence-corrected chi connectivity index (χ2v) is 8.79. The molecule has 0 radical (unpaired) electrons. The fraction of sp³-hybridized carbons (Fsp3) is 0.125. The second-order valence-electron chi connectivity index (χ2n) is 7.28. The predicted molar refractivity (Wildman–Crippen MR) is 123 cm³/mol. The minimum absolute atomic E-state index is 0.0128. The smallest absolute Gasteiger partial charge is 0.339 e. The molecular formula is C24H22N2O7S. The van der Waals surface area contributed by atoms with Crippen LogP contribution in [0.5, 0.6) is 5.75 Å². The van der Waals surface area contributed by atoms with E-state index in [0.717, 1.165) is 5.56 Å². The summed E-state index contributed by atoms with van der Waals surface area (Å²) in [6.45, 7) is 2.81. The van der Waals surface area contributed by atoms with Crippen molar-refractivity contribution in [3.8, 4) is 5.75 Å². The molecule has 0 bridgehead atoms. The molecule has 0 saturated heterocycles. The van der Waals surface area contributed by atoms with Gasteiger partial charge in [0.1, 0.15) is 10.6 Å². The zero-order valence-corrected chi connectivity index (χ0v) is 19.2. The Kier molecular flexibility index (Phi) is 7.64. The Bertz CT molecular complexity index is 1300. The topological polar surface area (TPSA) is 128 Å². The molecule has 3 aromatic carbocycles. The first-order chi connectivity index (χ1) is 16.2. The first-order valence-electron chi connectivity index (χ1n) is 10.1. The normalized spacial score (nSPS) is 10.8. The maximum atomic E-state index is 12.6. The van der Waals surface area contributed by atoms with Crippen molar-refractivity contribution in [3.63, 3.8) is 0 Å². The van der Waals surface area contributed by atoms with Gasteiger partial charge in [-0.25, -0.2) is 4.79 Å². The molecule has 176 valence electrons. The van der Waals surface area contributed by atoms with E-state index in [9.17, 15) is 22.8 Å². The number of benzene rings is 3. The highest BCUT2D eigenvalue weighted by atomic mass is 32.2. The number of carbonyl (C=O) groups excluding carboxylic acids is 3. The summed E-state index contributed by atoms with van der Waals surface area (Å²) in [6.07, 6.45) is 0. The first kappa shape index (κ1) is 24.5. The van der Waals surface area contributed by atoms with E-state index < -0.39 is 34.5 Å². The van der Waals surface area contributed by atoms with Crippen molar-refractivity contribution < 1.29 is 31.7 Å². The number of nitrogens with one attached hydrogen (secondary N) is 2. The van der Waals surface area contributed by atoms with Crippen LogP contribution in [0.2, 0.25) is 0 Å². The summed E-state index contributed by atoms with van der Waals surface area (Å²) in [5.74, 6) is -2.06. The Morgan fingerprint density at radius 3 is 2.18 bits per heavy atom. The van der Waals surface area contributed by atoms with Gasteiger partial charge in [-0.15, -0.1) is 0 Å². The van der Waals surface area contributed by atoms with Crippen LogP contribution in [-0.2, 0) is 19.6 Å². The summed E-state index contributed by atoms with van der Waals surface area (Å²) in [5, 5.41) is 0. The molecule has 2 N–H and O–H groups in total. The minimum Gasteiger partial charge on any atom is -0.452 e. The largest absolute Gasteiger partial charge is 0.452 e. The number of carbonyl (C=O) groups is 3. The second kappa shape index (κ2) is 10.6. The average molecular weight is 483 g/mol. The number of rotatable bonds is 7. The van der Waals surface area contributed by atoms with Crippen LogP contribution >= 0.6 is 0 Å². The van der Waals surface area contributed by atoms with E-state index in [1.165, 1.54) is 30.3 Å². The fourth-order valence-corrected chi connectivity index (χ4v) is 4.08. The van der Waals surface area contributed by atoms with Gasteiger partial charge in [0.2, 0.25) is 0 Å². The molecule has 0 fully saturated rings. The van der Waals surface area contributed by atoms with Crippen molar-refractivity contribution in [2.45, 2.75) is 18.7 Å². The van der Waals surface area contributed by atoms with E-state index in [1.807, 2.05) is 0 Å². The molecule has 0 spiro atoms. The molecular weight excluding hydrogens is 460 g/mol. The third-order valence-corrected chi connectivity index (χ3v) is 5.99.